The second-order valence-electron chi connectivity index (χ2n) is 4.72. The Morgan fingerprint density at radius 2 is 2.05 bits per heavy atom. The Labute approximate surface area is 121 Å². The first-order valence-electron chi connectivity index (χ1n) is 6.17. The van der Waals surface area contributed by atoms with Gasteiger partial charge in [0.05, 0.1) is 23.0 Å². The number of rotatable bonds is 4. The van der Waals surface area contributed by atoms with Gasteiger partial charge < -0.3 is 9.84 Å². The average Bonchev–Trinajstić information content (AvgIpc) is 2.80. The summed E-state index contributed by atoms with van der Waals surface area (Å²) in [5.41, 5.74) is 0.845. The molecule has 1 atom stereocenters. The van der Waals surface area contributed by atoms with Crippen LogP contribution in [0.1, 0.15) is 38.5 Å². The molecule has 2 aromatic rings. The van der Waals surface area contributed by atoms with Crippen LogP contribution in [0.25, 0.3) is 0 Å². The van der Waals surface area contributed by atoms with Crippen molar-refractivity contribution < 1.29 is 9.84 Å². The molecule has 0 saturated carbocycles. The lowest BCUT2D eigenvalue weighted by Gasteiger charge is -2.09. The summed E-state index contributed by atoms with van der Waals surface area (Å²) in [6.07, 6.45) is 3.06. The predicted octanol–water partition coefficient (Wildman–Crippen LogP) is 4.07. The molecule has 102 valence electrons. The van der Waals surface area contributed by atoms with Gasteiger partial charge in [0.25, 0.3) is 0 Å². The number of aliphatic hydroxyl groups excluding tert-OH is 1. The number of hydrogen-bond acceptors (Lipinski definition) is 3. The maximum atomic E-state index is 9.52. The first-order chi connectivity index (χ1) is 8.97. The molecule has 1 N–H and O–H groups in total. The molecular weight excluding hydrogens is 308 g/mol. The molecular formula is C14H17BrN2O2. The maximum absolute atomic E-state index is 9.52. The summed E-state index contributed by atoms with van der Waals surface area (Å²) in [6, 6.07) is 5.84. The van der Waals surface area contributed by atoms with Crippen molar-refractivity contribution in [1.29, 1.82) is 0 Å². The van der Waals surface area contributed by atoms with Crippen molar-refractivity contribution in [2.75, 3.05) is 0 Å². The van der Waals surface area contributed by atoms with Crippen molar-refractivity contribution in [3.63, 3.8) is 0 Å². The van der Waals surface area contributed by atoms with Crippen LogP contribution in [0, 0.1) is 0 Å². The molecule has 0 aliphatic heterocycles. The summed E-state index contributed by atoms with van der Waals surface area (Å²) < 4.78 is 8.41. The molecule has 5 heteroatoms. The second-order valence-corrected chi connectivity index (χ2v) is 5.57. The quantitative estimate of drug-likeness (QED) is 0.922. The minimum atomic E-state index is -0.492. The van der Waals surface area contributed by atoms with Crippen LogP contribution in [0.3, 0.4) is 0 Å². The lowest BCUT2D eigenvalue weighted by molar-refractivity contribution is 0.199. The molecule has 0 bridgehead atoms. The molecule has 1 aromatic carbocycles. The number of nitrogens with zero attached hydrogens (tertiary/aromatic N) is 2. The highest BCUT2D eigenvalue weighted by Gasteiger charge is 2.09. The normalized spacial score (nSPS) is 12.7. The third-order valence-corrected chi connectivity index (χ3v) is 3.39. The Bertz CT molecular complexity index is 564. The fourth-order valence-electron chi connectivity index (χ4n) is 1.64. The summed E-state index contributed by atoms with van der Waals surface area (Å²) in [4.78, 5) is 0. The van der Waals surface area contributed by atoms with E-state index in [1.54, 1.807) is 13.1 Å². The molecule has 0 fully saturated rings. The summed E-state index contributed by atoms with van der Waals surface area (Å²) in [5, 5.41) is 13.7. The molecule has 1 heterocycles. The van der Waals surface area contributed by atoms with Crippen molar-refractivity contribution in [1.82, 2.24) is 9.78 Å². The van der Waals surface area contributed by atoms with E-state index in [2.05, 4.69) is 34.9 Å². The standard InChI is InChI=1S/C14H17BrN2O2/c1-9(2)17-8-12(7-16-17)19-14-5-4-11(10(3)18)6-13(14)15/h4-10,18H,1-3H3/t10-/m0/s1. The van der Waals surface area contributed by atoms with Gasteiger partial charge in [-0.05, 0) is 54.4 Å². The van der Waals surface area contributed by atoms with Crippen LogP contribution >= 0.6 is 15.9 Å². The molecule has 0 unspecified atom stereocenters. The number of hydrogen-bond donors (Lipinski definition) is 1. The largest absolute Gasteiger partial charge is 0.453 e. The van der Waals surface area contributed by atoms with Gasteiger partial charge in [-0.15, -0.1) is 0 Å². The van der Waals surface area contributed by atoms with Crippen molar-refractivity contribution >= 4 is 15.9 Å². The van der Waals surface area contributed by atoms with E-state index >= 15 is 0 Å². The summed E-state index contributed by atoms with van der Waals surface area (Å²) >= 11 is 3.45. The molecule has 0 amide bonds. The van der Waals surface area contributed by atoms with Crippen molar-refractivity contribution in [3.05, 3.63) is 40.6 Å². The van der Waals surface area contributed by atoms with Gasteiger partial charge in [0.15, 0.2) is 5.75 Å². The Hall–Kier alpha value is -1.33. The monoisotopic (exact) mass is 324 g/mol. The van der Waals surface area contributed by atoms with Crippen molar-refractivity contribution in [2.24, 2.45) is 0 Å². The highest BCUT2D eigenvalue weighted by molar-refractivity contribution is 9.10. The molecule has 2 rings (SSSR count). The van der Waals surface area contributed by atoms with E-state index in [0.29, 0.717) is 17.5 Å². The van der Waals surface area contributed by atoms with Crippen molar-refractivity contribution in [2.45, 2.75) is 32.9 Å². The van der Waals surface area contributed by atoms with E-state index in [1.165, 1.54) is 0 Å². The highest BCUT2D eigenvalue weighted by atomic mass is 79.9. The van der Waals surface area contributed by atoms with Gasteiger partial charge in [-0.25, -0.2) is 0 Å². The summed E-state index contributed by atoms with van der Waals surface area (Å²) in [6.45, 7) is 5.85. The minimum absolute atomic E-state index is 0.304. The molecule has 0 aliphatic carbocycles. The number of benzene rings is 1. The zero-order valence-corrected chi connectivity index (χ0v) is 12.8. The van der Waals surface area contributed by atoms with Crippen LogP contribution in [0.2, 0.25) is 0 Å². The van der Waals surface area contributed by atoms with Crippen molar-refractivity contribution in [3.8, 4) is 11.5 Å². The SMILES string of the molecule is CC(C)n1cc(Oc2ccc([C@H](C)O)cc2Br)cn1. The minimum Gasteiger partial charge on any atom is -0.453 e. The number of aromatic nitrogens is 2. The molecule has 4 nitrogen and oxygen atoms in total. The Balaban J connectivity index is 2.18. The first kappa shape index (κ1) is 14.1. The van der Waals surface area contributed by atoms with E-state index in [4.69, 9.17) is 4.74 Å². The molecule has 0 spiro atoms. The Kier molecular flexibility index (Phi) is 4.27. The molecule has 1 aromatic heterocycles. The lowest BCUT2D eigenvalue weighted by atomic mass is 10.1. The zero-order valence-electron chi connectivity index (χ0n) is 11.2. The Morgan fingerprint density at radius 1 is 1.32 bits per heavy atom. The van der Waals surface area contributed by atoms with Gasteiger partial charge in [-0.1, -0.05) is 6.07 Å². The number of halogens is 1. The maximum Gasteiger partial charge on any atom is 0.165 e. The van der Waals surface area contributed by atoms with Gasteiger partial charge in [-0.3, -0.25) is 4.68 Å². The molecule has 0 radical (unpaired) electrons. The van der Waals surface area contributed by atoms with Crippen LogP contribution in [0.4, 0.5) is 0 Å². The van der Waals surface area contributed by atoms with Crippen LogP contribution < -0.4 is 4.74 Å². The van der Waals surface area contributed by atoms with Gasteiger partial charge >= 0.3 is 0 Å². The average molecular weight is 325 g/mol. The fraction of sp³-hybridized carbons (Fsp3) is 0.357. The van der Waals surface area contributed by atoms with Gasteiger partial charge in [0.2, 0.25) is 0 Å². The van der Waals surface area contributed by atoms with E-state index in [-0.39, 0.29) is 0 Å². The third kappa shape index (κ3) is 3.36. The molecule has 19 heavy (non-hydrogen) atoms. The number of ether oxygens (including phenoxy) is 1. The van der Waals surface area contributed by atoms with E-state index in [1.807, 2.05) is 29.1 Å². The number of aliphatic hydroxyl groups is 1. The van der Waals surface area contributed by atoms with E-state index in [0.717, 1.165) is 10.0 Å². The van der Waals surface area contributed by atoms with Gasteiger partial charge in [0, 0.05) is 6.04 Å². The van der Waals surface area contributed by atoms with Crippen LogP contribution in [-0.2, 0) is 0 Å². The van der Waals surface area contributed by atoms with Gasteiger partial charge in [0.1, 0.15) is 5.75 Å². The van der Waals surface area contributed by atoms with E-state index in [9.17, 15) is 5.11 Å². The summed E-state index contributed by atoms with van der Waals surface area (Å²) in [7, 11) is 0. The second kappa shape index (κ2) is 5.75. The smallest absolute Gasteiger partial charge is 0.165 e. The molecule has 0 saturated heterocycles. The topological polar surface area (TPSA) is 47.3 Å². The molecule has 0 aliphatic rings. The van der Waals surface area contributed by atoms with E-state index < -0.39 is 6.10 Å². The lowest BCUT2D eigenvalue weighted by Crippen LogP contribution is -1.99. The third-order valence-electron chi connectivity index (χ3n) is 2.77. The zero-order chi connectivity index (χ0) is 14.0. The van der Waals surface area contributed by atoms with Crippen LogP contribution in [-0.4, -0.2) is 14.9 Å². The van der Waals surface area contributed by atoms with Crippen LogP contribution in [0.15, 0.2) is 35.1 Å². The predicted molar refractivity (Wildman–Crippen MR) is 77.5 cm³/mol. The van der Waals surface area contributed by atoms with Crippen LogP contribution in [0.5, 0.6) is 11.5 Å². The summed E-state index contributed by atoms with van der Waals surface area (Å²) in [5.74, 6) is 1.40. The highest BCUT2D eigenvalue weighted by Crippen LogP contribution is 2.32. The van der Waals surface area contributed by atoms with Gasteiger partial charge in [-0.2, -0.15) is 5.10 Å². The fourth-order valence-corrected chi connectivity index (χ4v) is 2.12. The first-order valence-corrected chi connectivity index (χ1v) is 6.96. The Morgan fingerprint density at radius 3 is 2.58 bits per heavy atom.